The number of nitrogens with zero attached hydrogens (tertiary/aromatic N) is 1. The molecule has 0 bridgehead atoms. The number of benzene rings is 1. The maximum Gasteiger partial charge on any atom is 0.269 e. The topological polar surface area (TPSA) is 62.2 Å². The first-order valence-corrected chi connectivity index (χ1v) is 6.43. The third kappa shape index (κ3) is 3.43. The average Bonchev–Trinajstić information content (AvgIpc) is 2.43. The third-order valence-electron chi connectivity index (χ3n) is 2.81. The zero-order valence-corrected chi connectivity index (χ0v) is 11.3. The number of halogens is 1. The summed E-state index contributed by atoms with van der Waals surface area (Å²) in [4.78, 5) is 16.2. The lowest BCUT2D eigenvalue weighted by Gasteiger charge is -2.09. The average molecular weight is 279 g/mol. The Morgan fingerprint density at radius 3 is 2.89 bits per heavy atom. The van der Waals surface area contributed by atoms with Crippen LogP contribution >= 0.6 is 11.6 Å². The lowest BCUT2D eigenvalue weighted by atomic mass is 10.2. The van der Waals surface area contributed by atoms with Gasteiger partial charge in [0.1, 0.15) is 5.69 Å². The van der Waals surface area contributed by atoms with Crippen molar-refractivity contribution in [2.45, 2.75) is 6.92 Å². The summed E-state index contributed by atoms with van der Waals surface area (Å²) in [6.07, 6.45) is 0. The minimum absolute atomic E-state index is 0.0267. The van der Waals surface area contributed by atoms with E-state index in [-0.39, 0.29) is 18.4 Å². The Balaban J connectivity index is 2.18. The van der Waals surface area contributed by atoms with Gasteiger partial charge in [-0.05, 0) is 24.1 Å². The van der Waals surface area contributed by atoms with E-state index in [0.29, 0.717) is 22.8 Å². The first kappa shape index (κ1) is 13.8. The molecule has 1 unspecified atom stereocenters. The number of fused-ring (bicyclic) bond motifs is 1. The number of amides is 1. The van der Waals surface area contributed by atoms with Gasteiger partial charge >= 0.3 is 0 Å². The van der Waals surface area contributed by atoms with Gasteiger partial charge in [0, 0.05) is 23.6 Å². The Labute approximate surface area is 116 Å². The Morgan fingerprint density at radius 1 is 1.42 bits per heavy atom. The molecule has 2 aromatic rings. The number of aliphatic hydroxyl groups excluding tert-OH is 1. The molecule has 1 amide bonds. The van der Waals surface area contributed by atoms with E-state index in [1.165, 1.54) is 0 Å². The Hall–Kier alpha value is -1.65. The highest BCUT2D eigenvalue weighted by molar-refractivity contribution is 6.31. The normalized spacial score (nSPS) is 12.4. The van der Waals surface area contributed by atoms with Crippen LogP contribution in [0.4, 0.5) is 0 Å². The van der Waals surface area contributed by atoms with Gasteiger partial charge in [-0.25, -0.2) is 4.98 Å². The molecule has 1 aromatic heterocycles. The first-order valence-electron chi connectivity index (χ1n) is 6.05. The summed E-state index contributed by atoms with van der Waals surface area (Å²) >= 11 is 5.90. The van der Waals surface area contributed by atoms with Crippen molar-refractivity contribution in [2.75, 3.05) is 13.2 Å². The van der Waals surface area contributed by atoms with Crippen LogP contribution in [0.25, 0.3) is 10.9 Å². The van der Waals surface area contributed by atoms with E-state index in [2.05, 4.69) is 10.3 Å². The van der Waals surface area contributed by atoms with Gasteiger partial charge < -0.3 is 10.4 Å². The molecule has 1 atom stereocenters. The zero-order valence-electron chi connectivity index (χ0n) is 10.6. The number of hydrogen-bond acceptors (Lipinski definition) is 3. The molecule has 4 nitrogen and oxygen atoms in total. The second-order valence-electron chi connectivity index (χ2n) is 4.53. The molecule has 0 aliphatic rings. The van der Waals surface area contributed by atoms with E-state index >= 15 is 0 Å². The fourth-order valence-corrected chi connectivity index (χ4v) is 1.81. The molecule has 2 rings (SSSR count). The van der Waals surface area contributed by atoms with Crippen molar-refractivity contribution in [3.05, 3.63) is 41.0 Å². The quantitative estimate of drug-likeness (QED) is 0.902. The SMILES string of the molecule is CC(CO)CNC(=O)c1ccc2ccc(Cl)cc2n1. The molecule has 1 aromatic carbocycles. The summed E-state index contributed by atoms with van der Waals surface area (Å²) in [7, 11) is 0. The minimum atomic E-state index is -0.248. The Morgan fingerprint density at radius 2 is 2.16 bits per heavy atom. The number of nitrogens with one attached hydrogen (secondary N) is 1. The van der Waals surface area contributed by atoms with E-state index in [1.54, 1.807) is 18.2 Å². The second-order valence-corrected chi connectivity index (χ2v) is 4.97. The van der Waals surface area contributed by atoms with E-state index in [4.69, 9.17) is 16.7 Å². The second kappa shape index (κ2) is 5.99. The molecule has 0 saturated heterocycles. The molecule has 0 saturated carbocycles. The van der Waals surface area contributed by atoms with Crippen LogP contribution in [0.3, 0.4) is 0 Å². The molecule has 100 valence electrons. The number of rotatable bonds is 4. The maximum absolute atomic E-state index is 11.9. The smallest absolute Gasteiger partial charge is 0.269 e. The van der Waals surface area contributed by atoms with Crippen LogP contribution < -0.4 is 5.32 Å². The van der Waals surface area contributed by atoms with Crippen molar-refractivity contribution in [2.24, 2.45) is 5.92 Å². The van der Waals surface area contributed by atoms with Gasteiger partial charge in [0.2, 0.25) is 0 Å². The van der Waals surface area contributed by atoms with Gasteiger partial charge in [0.25, 0.3) is 5.91 Å². The molecule has 0 aliphatic heterocycles. The van der Waals surface area contributed by atoms with Crippen molar-refractivity contribution < 1.29 is 9.90 Å². The molecule has 19 heavy (non-hydrogen) atoms. The summed E-state index contributed by atoms with van der Waals surface area (Å²) in [6, 6.07) is 8.89. The van der Waals surface area contributed by atoms with Gasteiger partial charge in [-0.3, -0.25) is 4.79 Å². The summed E-state index contributed by atoms with van der Waals surface area (Å²) in [5, 5.41) is 13.2. The van der Waals surface area contributed by atoms with Crippen LogP contribution in [-0.2, 0) is 0 Å². The maximum atomic E-state index is 11.9. The Bertz CT molecular complexity index is 601. The third-order valence-corrected chi connectivity index (χ3v) is 3.04. The number of carbonyl (C=O) groups excluding carboxylic acids is 1. The van der Waals surface area contributed by atoms with E-state index < -0.39 is 0 Å². The van der Waals surface area contributed by atoms with E-state index in [0.717, 1.165) is 5.39 Å². The first-order chi connectivity index (χ1) is 9.10. The van der Waals surface area contributed by atoms with Crippen molar-refractivity contribution in [1.29, 1.82) is 0 Å². The summed E-state index contributed by atoms with van der Waals surface area (Å²) in [5.74, 6) is -0.221. The summed E-state index contributed by atoms with van der Waals surface area (Å²) in [6.45, 7) is 2.32. The van der Waals surface area contributed by atoms with Crippen LogP contribution in [0.5, 0.6) is 0 Å². The van der Waals surface area contributed by atoms with Crippen molar-refractivity contribution in [3.63, 3.8) is 0 Å². The highest BCUT2D eigenvalue weighted by Crippen LogP contribution is 2.17. The number of hydrogen-bond donors (Lipinski definition) is 2. The van der Waals surface area contributed by atoms with Crippen LogP contribution in [0.15, 0.2) is 30.3 Å². The van der Waals surface area contributed by atoms with Crippen molar-refractivity contribution in [3.8, 4) is 0 Å². The number of pyridine rings is 1. The van der Waals surface area contributed by atoms with Crippen LogP contribution in [-0.4, -0.2) is 29.1 Å². The molecular weight excluding hydrogens is 264 g/mol. The zero-order chi connectivity index (χ0) is 13.8. The summed E-state index contributed by atoms with van der Waals surface area (Å²) < 4.78 is 0. The number of carbonyl (C=O) groups is 1. The van der Waals surface area contributed by atoms with Gasteiger partial charge in [0.15, 0.2) is 0 Å². The molecular formula is C14H15ClN2O2. The predicted octanol–water partition coefficient (Wildman–Crippen LogP) is 2.25. The van der Waals surface area contributed by atoms with Gasteiger partial charge in [0.05, 0.1) is 5.52 Å². The van der Waals surface area contributed by atoms with Crippen LogP contribution in [0.1, 0.15) is 17.4 Å². The van der Waals surface area contributed by atoms with Crippen LogP contribution in [0, 0.1) is 5.92 Å². The van der Waals surface area contributed by atoms with E-state index in [1.807, 2.05) is 19.1 Å². The predicted molar refractivity (Wildman–Crippen MR) is 75.3 cm³/mol. The van der Waals surface area contributed by atoms with Gasteiger partial charge in [-0.2, -0.15) is 0 Å². The van der Waals surface area contributed by atoms with Crippen LogP contribution in [0.2, 0.25) is 5.02 Å². The van der Waals surface area contributed by atoms with Gasteiger partial charge in [-0.15, -0.1) is 0 Å². The van der Waals surface area contributed by atoms with Crippen molar-refractivity contribution in [1.82, 2.24) is 10.3 Å². The van der Waals surface area contributed by atoms with Gasteiger partial charge in [-0.1, -0.05) is 30.7 Å². The Kier molecular flexibility index (Phi) is 4.35. The number of aliphatic hydroxyl groups is 1. The molecule has 0 fully saturated rings. The standard InChI is InChI=1S/C14H15ClN2O2/c1-9(8-18)7-16-14(19)12-5-3-10-2-4-11(15)6-13(10)17-12/h2-6,9,18H,7-8H2,1H3,(H,16,19). The highest BCUT2D eigenvalue weighted by Gasteiger charge is 2.09. The fraction of sp³-hybridized carbons (Fsp3) is 0.286. The van der Waals surface area contributed by atoms with Crippen molar-refractivity contribution >= 4 is 28.4 Å². The molecule has 0 radical (unpaired) electrons. The molecule has 1 heterocycles. The minimum Gasteiger partial charge on any atom is -0.396 e. The molecule has 2 N–H and O–H groups in total. The summed E-state index contributed by atoms with van der Waals surface area (Å²) in [5.41, 5.74) is 1.04. The highest BCUT2D eigenvalue weighted by atomic mass is 35.5. The monoisotopic (exact) mass is 278 g/mol. The molecule has 0 spiro atoms. The van der Waals surface area contributed by atoms with E-state index in [9.17, 15) is 4.79 Å². The molecule has 0 aliphatic carbocycles. The fourth-order valence-electron chi connectivity index (χ4n) is 1.64. The number of aromatic nitrogens is 1. The largest absolute Gasteiger partial charge is 0.396 e. The lowest BCUT2D eigenvalue weighted by Crippen LogP contribution is -2.30. The lowest BCUT2D eigenvalue weighted by molar-refractivity contribution is 0.0937. The molecule has 5 heteroatoms.